The van der Waals surface area contributed by atoms with Crippen LogP contribution in [0.2, 0.25) is 0 Å². The van der Waals surface area contributed by atoms with Gasteiger partial charge in [0.1, 0.15) is 0 Å². The van der Waals surface area contributed by atoms with E-state index in [9.17, 15) is 20.2 Å². The normalized spacial score (nSPS) is 11.8. The second kappa shape index (κ2) is 5.72. The zero-order chi connectivity index (χ0) is 12.8. The largest absolute Gasteiger partial charge is 0.371 e. The van der Waals surface area contributed by atoms with Crippen molar-refractivity contribution in [1.82, 2.24) is 5.43 Å². The molecule has 0 fully saturated rings. The van der Waals surface area contributed by atoms with Gasteiger partial charge in [0, 0.05) is 22.7 Å². The van der Waals surface area contributed by atoms with Crippen molar-refractivity contribution in [1.29, 1.82) is 0 Å². The van der Waals surface area contributed by atoms with Crippen LogP contribution in [0, 0.1) is 20.2 Å². The van der Waals surface area contributed by atoms with Crippen LogP contribution in [0.1, 0.15) is 0 Å². The van der Waals surface area contributed by atoms with Gasteiger partial charge in [0.15, 0.2) is 6.23 Å². The number of nitro groups is 2. The second-order valence-electron chi connectivity index (χ2n) is 3.10. The lowest BCUT2D eigenvalue weighted by Crippen LogP contribution is -2.38. The molecule has 0 aliphatic rings. The number of nitrogens with one attached hydrogen (secondary N) is 2. The van der Waals surface area contributed by atoms with Crippen molar-refractivity contribution in [3.05, 3.63) is 44.5 Å². The fourth-order valence-corrected chi connectivity index (χ4v) is 1.02. The maximum absolute atomic E-state index is 10.4. The Morgan fingerprint density at radius 1 is 1.24 bits per heavy atom. The van der Waals surface area contributed by atoms with Crippen LogP contribution in [-0.2, 0) is 0 Å². The molecule has 1 rings (SSSR count). The Morgan fingerprint density at radius 3 is 2.29 bits per heavy atom. The average Bonchev–Trinajstić information content (AvgIpc) is 2.26. The number of non-ortho nitro benzene ring substituents is 1. The minimum absolute atomic E-state index is 0.0682. The van der Waals surface area contributed by atoms with Crippen LogP contribution >= 0.6 is 0 Å². The molecule has 0 saturated heterocycles. The molecule has 1 aromatic rings. The lowest BCUT2D eigenvalue weighted by molar-refractivity contribution is -0.491. The maximum atomic E-state index is 10.4. The van der Waals surface area contributed by atoms with Gasteiger partial charge in [-0.25, -0.2) is 5.43 Å². The molecule has 0 aliphatic heterocycles. The maximum Gasteiger partial charge on any atom is 0.269 e. The Hall–Kier alpha value is -2.26. The van der Waals surface area contributed by atoms with Crippen LogP contribution in [0.4, 0.5) is 11.4 Å². The van der Waals surface area contributed by atoms with Gasteiger partial charge in [0.25, 0.3) is 5.69 Å². The third-order valence-electron chi connectivity index (χ3n) is 1.78. The van der Waals surface area contributed by atoms with Crippen LogP contribution < -0.4 is 10.9 Å². The zero-order valence-corrected chi connectivity index (χ0v) is 8.57. The molecule has 1 aromatic carbocycles. The molecule has 1 unspecified atom stereocenters. The molecule has 0 bridgehead atoms. The summed E-state index contributed by atoms with van der Waals surface area (Å²) in [5, 5.41) is 29.5. The number of benzene rings is 1. The molecule has 0 amide bonds. The summed E-state index contributed by atoms with van der Waals surface area (Å²) in [6, 6.07) is 5.35. The Labute approximate surface area is 95.3 Å². The number of nitrogens with zero attached hydrogens (tertiary/aromatic N) is 2. The Morgan fingerprint density at radius 2 is 1.82 bits per heavy atom. The monoisotopic (exact) mass is 242 g/mol. The fourth-order valence-electron chi connectivity index (χ4n) is 1.02. The predicted molar refractivity (Wildman–Crippen MR) is 57.7 cm³/mol. The molecule has 17 heavy (non-hydrogen) atoms. The van der Waals surface area contributed by atoms with Gasteiger partial charge in [-0.2, -0.15) is 0 Å². The quantitative estimate of drug-likeness (QED) is 0.366. The summed E-state index contributed by atoms with van der Waals surface area (Å²) < 4.78 is 0. The average molecular weight is 242 g/mol. The van der Waals surface area contributed by atoms with Gasteiger partial charge in [-0.1, -0.05) is 0 Å². The highest BCUT2D eigenvalue weighted by atomic mass is 16.6. The van der Waals surface area contributed by atoms with Crippen molar-refractivity contribution in [3.63, 3.8) is 0 Å². The zero-order valence-electron chi connectivity index (χ0n) is 8.57. The standard InChI is InChI=1S/C8H10N4O5/c13-8(5-11(14)15)10-9-6-1-3-7(4-2-6)12(16)17/h1-4,8-10,13H,5H2. The fraction of sp³-hybridized carbons (Fsp3) is 0.250. The van der Waals surface area contributed by atoms with Crippen LogP contribution in [0.15, 0.2) is 24.3 Å². The number of aliphatic hydroxyl groups is 1. The number of hydrogen-bond donors (Lipinski definition) is 3. The van der Waals surface area contributed by atoms with Gasteiger partial charge >= 0.3 is 0 Å². The number of aliphatic hydroxyl groups excluding tert-OH is 1. The van der Waals surface area contributed by atoms with Gasteiger partial charge in [-0.05, 0) is 12.1 Å². The third kappa shape index (κ3) is 4.40. The van der Waals surface area contributed by atoms with Gasteiger partial charge < -0.3 is 10.5 Å². The SMILES string of the molecule is O=[N+]([O-])CC(O)NNc1ccc([N+](=O)[O-])cc1. The highest BCUT2D eigenvalue weighted by Gasteiger charge is 2.10. The number of anilines is 1. The molecule has 3 N–H and O–H groups in total. The second-order valence-corrected chi connectivity index (χ2v) is 3.10. The molecule has 9 nitrogen and oxygen atoms in total. The van der Waals surface area contributed by atoms with Gasteiger partial charge in [0.05, 0.1) is 4.92 Å². The molecule has 0 saturated carbocycles. The molecule has 0 aromatic heterocycles. The van der Waals surface area contributed by atoms with Crippen molar-refractivity contribution in [2.45, 2.75) is 6.23 Å². The molecule has 0 heterocycles. The smallest absolute Gasteiger partial charge is 0.269 e. The molecular formula is C8H10N4O5. The Kier molecular flexibility index (Phi) is 4.31. The van der Waals surface area contributed by atoms with E-state index in [1.807, 2.05) is 0 Å². The summed E-state index contributed by atoms with van der Waals surface area (Å²) >= 11 is 0. The van der Waals surface area contributed by atoms with Crippen LogP contribution in [0.3, 0.4) is 0 Å². The first-order valence-electron chi connectivity index (χ1n) is 4.55. The van der Waals surface area contributed by atoms with E-state index < -0.39 is 22.6 Å². The van der Waals surface area contributed by atoms with Gasteiger partial charge in [-0.15, -0.1) is 0 Å². The lowest BCUT2D eigenvalue weighted by atomic mass is 10.3. The highest BCUT2D eigenvalue weighted by Crippen LogP contribution is 2.14. The van der Waals surface area contributed by atoms with Crippen molar-refractivity contribution in [2.24, 2.45) is 0 Å². The first-order valence-corrected chi connectivity index (χ1v) is 4.55. The van der Waals surface area contributed by atoms with Gasteiger partial charge in [0.2, 0.25) is 6.54 Å². The molecule has 0 radical (unpaired) electrons. The molecule has 0 aliphatic carbocycles. The summed E-state index contributed by atoms with van der Waals surface area (Å²) in [4.78, 5) is 19.2. The van der Waals surface area contributed by atoms with Gasteiger partial charge in [-0.3, -0.25) is 20.2 Å². The number of nitro benzene ring substituents is 1. The van der Waals surface area contributed by atoms with E-state index in [4.69, 9.17) is 5.11 Å². The van der Waals surface area contributed by atoms with Crippen LogP contribution in [0.5, 0.6) is 0 Å². The Bertz CT molecular complexity index is 407. The molecular weight excluding hydrogens is 232 g/mol. The van der Waals surface area contributed by atoms with Crippen LogP contribution in [-0.4, -0.2) is 27.7 Å². The van der Waals surface area contributed by atoms with Crippen molar-refractivity contribution in [3.8, 4) is 0 Å². The van der Waals surface area contributed by atoms with E-state index in [1.165, 1.54) is 24.3 Å². The summed E-state index contributed by atoms with van der Waals surface area (Å²) in [5.74, 6) is 0. The molecule has 9 heteroatoms. The minimum Gasteiger partial charge on any atom is -0.371 e. The van der Waals surface area contributed by atoms with Crippen molar-refractivity contribution in [2.75, 3.05) is 12.0 Å². The van der Waals surface area contributed by atoms with E-state index in [0.29, 0.717) is 5.69 Å². The molecule has 0 spiro atoms. The number of hydrogen-bond acceptors (Lipinski definition) is 7. The molecule has 92 valence electrons. The predicted octanol–water partition coefficient (Wildman–Crippen LogP) is 0.106. The summed E-state index contributed by atoms with van der Waals surface area (Å²) in [7, 11) is 0. The number of hydrazine groups is 1. The van der Waals surface area contributed by atoms with E-state index in [2.05, 4.69) is 10.9 Å². The Balaban J connectivity index is 2.47. The van der Waals surface area contributed by atoms with Crippen molar-refractivity contribution >= 4 is 11.4 Å². The lowest BCUT2D eigenvalue weighted by Gasteiger charge is -2.10. The third-order valence-corrected chi connectivity index (χ3v) is 1.78. The van der Waals surface area contributed by atoms with E-state index >= 15 is 0 Å². The van der Waals surface area contributed by atoms with E-state index in [0.717, 1.165) is 0 Å². The van der Waals surface area contributed by atoms with Crippen LogP contribution in [0.25, 0.3) is 0 Å². The summed E-state index contributed by atoms with van der Waals surface area (Å²) in [6.45, 7) is -0.653. The topological polar surface area (TPSA) is 131 Å². The van der Waals surface area contributed by atoms with E-state index in [-0.39, 0.29) is 5.69 Å². The molecule has 1 atom stereocenters. The first kappa shape index (κ1) is 12.8. The highest BCUT2D eigenvalue weighted by molar-refractivity contribution is 5.47. The summed E-state index contributed by atoms with van der Waals surface area (Å²) in [5.41, 5.74) is 5.14. The number of rotatable bonds is 6. The minimum atomic E-state index is -1.35. The summed E-state index contributed by atoms with van der Waals surface area (Å²) in [6.07, 6.45) is -1.35. The van der Waals surface area contributed by atoms with Crippen molar-refractivity contribution < 1.29 is 15.0 Å². The van der Waals surface area contributed by atoms with E-state index in [1.54, 1.807) is 0 Å². The first-order chi connectivity index (χ1) is 7.99.